The van der Waals surface area contributed by atoms with Gasteiger partial charge in [-0.3, -0.25) is 9.59 Å². The zero-order valence-corrected chi connectivity index (χ0v) is 17.7. The predicted molar refractivity (Wildman–Crippen MR) is 108 cm³/mol. The fraction of sp³-hybridized carbons (Fsp3) is 0.400. The van der Waals surface area contributed by atoms with Crippen molar-refractivity contribution < 1.29 is 33.3 Å². The zero-order chi connectivity index (χ0) is 23.0. The van der Waals surface area contributed by atoms with E-state index in [1.165, 1.54) is 40.7 Å². The van der Waals surface area contributed by atoms with Gasteiger partial charge in [-0.05, 0) is 0 Å². The normalized spacial score (nSPS) is 10.6. The highest BCUT2D eigenvalue weighted by Gasteiger charge is 2.23. The minimum atomic E-state index is -1.04. The van der Waals surface area contributed by atoms with E-state index in [0.29, 0.717) is 0 Å². The SMILES string of the molecule is COCCOc1cc(=O)n(C)cc1C(=O)OC(=O)c1cn(C)c(=O)cc1OCCOC. The molecule has 0 unspecified atom stereocenters. The molecule has 0 saturated carbocycles. The Morgan fingerprint density at radius 3 is 1.48 bits per heavy atom. The number of esters is 2. The molecule has 0 aromatic carbocycles. The number of rotatable bonds is 10. The van der Waals surface area contributed by atoms with Crippen molar-refractivity contribution in [2.45, 2.75) is 0 Å². The third-order valence-corrected chi connectivity index (χ3v) is 4.10. The van der Waals surface area contributed by atoms with Gasteiger partial charge in [-0.2, -0.15) is 0 Å². The van der Waals surface area contributed by atoms with Crippen LogP contribution in [0.2, 0.25) is 0 Å². The Bertz CT molecular complexity index is 972. The molecule has 0 fully saturated rings. The second-order valence-electron chi connectivity index (χ2n) is 6.36. The summed E-state index contributed by atoms with van der Waals surface area (Å²) in [7, 11) is 5.82. The third-order valence-electron chi connectivity index (χ3n) is 4.10. The number of pyridine rings is 2. The number of methoxy groups -OCH3 is 2. The molecule has 0 aliphatic carbocycles. The van der Waals surface area contributed by atoms with Crippen molar-refractivity contribution in [3.05, 3.63) is 56.4 Å². The van der Waals surface area contributed by atoms with Gasteiger partial charge in [0.05, 0.1) is 13.2 Å². The van der Waals surface area contributed by atoms with Gasteiger partial charge in [0.2, 0.25) is 0 Å². The van der Waals surface area contributed by atoms with E-state index in [-0.39, 0.29) is 49.1 Å². The molecular weight excluding hydrogens is 412 g/mol. The first-order chi connectivity index (χ1) is 14.8. The summed E-state index contributed by atoms with van der Waals surface area (Å²) in [5.41, 5.74) is -1.08. The smallest absolute Gasteiger partial charge is 0.351 e. The van der Waals surface area contributed by atoms with Crippen molar-refractivity contribution in [3.63, 3.8) is 0 Å². The van der Waals surface area contributed by atoms with Gasteiger partial charge in [-0.15, -0.1) is 0 Å². The summed E-state index contributed by atoms with van der Waals surface area (Å²) in [6, 6.07) is 2.23. The fourth-order valence-electron chi connectivity index (χ4n) is 2.43. The van der Waals surface area contributed by atoms with Crippen LogP contribution in [0.1, 0.15) is 20.7 Å². The topological polar surface area (TPSA) is 124 Å². The minimum Gasteiger partial charge on any atom is -0.490 e. The maximum Gasteiger partial charge on any atom is 0.351 e. The highest BCUT2D eigenvalue weighted by molar-refractivity contribution is 6.04. The molecule has 2 aromatic rings. The Morgan fingerprint density at radius 1 is 0.742 bits per heavy atom. The van der Waals surface area contributed by atoms with Gasteiger partial charge in [0.25, 0.3) is 11.1 Å². The molecule has 0 radical (unpaired) electrons. The Balaban J connectivity index is 2.31. The monoisotopic (exact) mass is 436 g/mol. The van der Waals surface area contributed by atoms with E-state index in [4.69, 9.17) is 23.7 Å². The molecule has 2 aromatic heterocycles. The highest BCUT2D eigenvalue weighted by Crippen LogP contribution is 2.21. The predicted octanol–water partition coefficient (Wildman–Crippen LogP) is 0.132. The maximum absolute atomic E-state index is 12.7. The number of aromatic nitrogens is 2. The van der Waals surface area contributed by atoms with Crippen molar-refractivity contribution in [2.75, 3.05) is 40.6 Å². The molecule has 0 aliphatic heterocycles. The molecule has 2 rings (SSSR count). The average molecular weight is 436 g/mol. The van der Waals surface area contributed by atoms with Crippen LogP contribution in [0.3, 0.4) is 0 Å². The van der Waals surface area contributed by atoms with E-state index >= 15 is 0 Å². The van der Waals surface area contributed by atoms with Crippen LogP contribution in [-0.4, -0.2) is 61.7 Å². The van der Waals surface area contributed by atoms with E-state index in [2.05, 4.69) is 0 Å². The molecule has 0 saturated heterocycles. The lowest BCUT2D eigenvalue weighted by molar-refractivity contribution is 0.0389. The Labute approximate surface area is 177 Å². The molecule has 11 nitrogen and oxygen atoms in total. The summed E-state index contributed by atoms with van der Waals surface area (Å²) in [4.78, 5) is 49.1. The van der Waals surface area contributed by atoms with E-state index in [0.717, 1.165) is 21.3 Å². The van der Waals surface area contributed by atoms with Crippen molar-refractivity contribution in [3.8, 4) is 11.5 Å². The summed E-state index contributed by atoms with van der Waals surface area (Å²) in [6.45, 7) is 0.609. The van der Waals surface area contributed by atoms with Crippen molar-refractivity contribution >= 4 is 11.9 Å². The summed E-state index contributed by atoms with van der Waals surface area (Å²) >= 11 is 0. The molecule has 0 spiro atoms. The highest BCUT2D eigenvalue weighted by atomic mass is 16.6. The number of hydrogen-bond acceptors (Lipinski definition) is 9. The van der Waals surface area contributed by atoms with Gasteiger partial charge in [0.15, 0.2) is 0 Å². The van der Waals surface area contributed by atoms with E-state index in [1.54, 1.807) is 0 Å². The Hall–Kier alpha value is -3.44. The Kier molecular flexibility index (Phi) is 8.53. The van der Waals surface area contributed by atoms with Crippen LogP contribution >= 0.6 is 0 Å². The molecular formula is C20H24N2O9. The van der Waals surface area contributed by atoms with Crippen molar-refractivity contribution in [1.82, 2.24) is 9.13 Å². The molecule has 168 valence electrons. The molecule has 0 N–H and O–H groups in total. The van der Waals surface area contributed by atoms with Gasteiger partial charge in [-0.25, -0.2) is 9.59 Å². The van der Waals surface area contributed by atoms with Gasteiger partial charge < -0.3 is 32.8 Å². The number of aryl methyl sites for hydroxylation is 2. The number of carbonyl (C=O) groups excluding carboxylic acids is 2. The molecule has 31 heavy (non-hydrogen) atoms. The first-order valence-corrected chi connectivity index (χ1v) is 9.19. The summed E-state index contributed by atoms with van der Waals surface area (Å²) in [6.07, 6.45) is 2.41. The standard InChI is InChI=1S/C20H24N2O9/c1-21-11-13(15(9-17(21)23)29-7-5-27-3)19(25)31-20(26)14-12-22(2)18(24)10-16(14)30-8-6-28-4/h9-12H,5-8H2,1-4H3. The quantitative estimate of drug-likeness (QED) is 0.290. The largest absolute Gasteiger partial charge is 0.490 e. The van der Waals surface area contributed by atoms with Crippen LogP contribution in [-0.2, 0) is 28.3 Å². The van der Waals surface area contributed by atoms with E-state index in [1.807, 2.05) is 0 Å². The second-order valence-corrected chi connectivity index (χ2v) is 6.36. The summed E-state index contributed by atoms with van der Waals surface area (Å²) in [5, 5.41) is 0. The Morgan fingerprint density at radius 2 is 1.13 bits per heavy atom. The van der Waals surface area contributed by atoms with Crippen molar-refractivity contribution in [1.29, 1.82) is 0 Å². The summed E-state index contributed by atoms with van der Waals surface area (Å²) in [5.74, 6) is -2.17. The molecule has 0 aliphatic rings. The van der Waals surface area contributed by atoms with Gasteiger partial charge in [0.1, 0.15) is 35.8 Å². The van der Waals surface area contributed by atoms with Gasteiger partial charge >= 0.3 is 11.9 Å². The lowest BCUT2D eigenvalue weighted by Crippen LogP contribution is -2.23. The number of hydrogen-bond donors (Lipinski definition) is 0. The van der Waals surface area contributed by atoms with Crippen LogP contribution in [0.4, 0.5) is 0 Å². The van der Waals surface area contributed by atoms with Crippen LogP contribution in [0.5, 0.6) is 11.5 Å². The van der Waals surface area contributed by atoms with Crippen LogP contribution in [0.25, 0.3) is 0 Å². The zero-order valence-electron chi connectivity index (χ0n) is 17.7. The minimum absolute atomic E-state index is 0.0463. The number of nitrogens with zero attached hydrogens (tertiary/aromatic N) is 2. The molecule has 0 amide bonds. The second kappa shape index (κ2) is 11.1. The number of ether oxygens (including phenoxy) is 5. The van der Waals surface area contributed by atoms with E-state index < -0.39 is 23.1 Å². The third kappa shape index (κ3) is 6.27. The summed E-state index contributed by atoms with van der Waals surface area (Å²) < 4.78 is 27.9. The van der Waals surface area contributed by atoms with E-state index in [9.17, 15) is 19.2 Å². The fourth-order valence-corrected chi connectivity index (χ4v) is 2.43. The van der Waals surface area contributed by atoms with Crippen molar-refractivity contribution in [2.24, 2.45) is 14.1 Å². The lowest BCUT2D eigenvalue weighted by Gasteiger charge is -2.13. The molecule has 0 bridgehead atoms. The maximum atomic E-state index is 12.7. The van der Waals surface area contributed by atoms with Gasteiger partial charge in [-0.1, -0.05) is 0 Å². The van der Waals surface area contributed by atoms with Crippen LogP contribution < -0.4 is 20.6 Å². The van der Waals surface area contributed by atoms with Crippen LogP contribution in [0.15, 0.2) is 34.1 Å². The first-order valence-electron chi connectivity index (χ1n) is 9.19. The lowest BCUT2D eigenvalue weighted by atomic mass is 10.2. The van der Waals surface area contributed by atoms with Crippen LogP contribution in [0, 0.1) is 0 Å². The molecule has 0 atom stereocenters. The first kappa shape index (κ1) is 23.8. The number of carbonyl (C=O) groups is 2. The van der Waals surface area contributed by atoms with Gasteiger partial charge in [0, 0.05) is 52.8 Å². The molecule has 11 heteroatoms. The average Bonchev–Trinajstić information content (AvgIpc) is 2.72. The molecule has 2 heterocycles.